The van der Waals surface area contributed by atoms with Crippen molar-refractivity contribution >= 4 is 23.2 Å². The lowest BCUT2D eigenvalue weighted by molar-refractivity contribution is -0.384. The lowest BCUT2D eigenvalue weighted by atomic mass is 10.1. The number of aliphatic hydroxyl groups is 1. The Bertz CT molecular complexity index is 1010. The van der Waals surface area contributed by atoms with E-state index >= 15 is 0 Å². The Labute approximate surface area is 177 Å². The molecule has 4 rings (SSSR count). The Kier molecular flexibility index (Phi) is 5.72. The molecule has 2 N–H and O–H groups in total. The third-order valence-electron chi connectivity index (χ3n) is 5.29. The number of aliphatic hydroxyl groups excluding tert-OH is 1. The van der Waals surface area contributed by atoms with E-state index in [1.54, 1.807) is 18.2 Å². The third-order valence-corrected chi connectivity index (χ3v) is 5.29. The molecule has 0 bridgehead atoms. The van der Waals surface area contributed by atoms with E-state index in [9.17, 15) is 24.8 Å². The number of anilines is 1. The van der Waals surface area contributed by atoms with Gasteiger partial charge in [-0.25, -0.2) is 0 Å². The maximum absolute atomic E-state index is 12.5. The number of carbonyl (C=O) groups is 2. The van der Waals surface area contributed by atoms with Crippen molar-refractivity contribution in [3.63, 3.8) is 0 Å². The van der Waals surface area contributed by atoms with Crippen molar-refractivity contribution in [1.82, 2.24) is 5.32 Å². The van der Waals surface area contributed by atoms with Gasteiger partial charge in [0, 0.05) is 43.4 Å². The minimum atomic E-state index is -1.02. The number of amides is 2. The average molecular weight is 427 g/mol. The van der Waals surface area contributed by atoms with Crippen LogP contribution in [0.25, 0.3) is 0 Å². The molecular weight excluding hydrogens is 406 g/mol. The lowest BCUT2D eigenvalue weighted by Crippen LogP contribution is -2.35. The molecular formula is C21H21N3O7. The highest BCUT2D eigenvalue weighted by Crippen LogP contribution is 2.36. The summed E-state index contributed by atoms with van der Waals surface area (Å²) in [5.41, 5.74) is 1.01. The first kappa shape index (κ1) is 20.6. The van der Waals surface area contributed by atoms with Crippen molar-refractivity contribution in [1.29, 1.82) is 0 Å². The SMILES string of the molecule is O=C(NC[C@@H](O)c1ccc([N+](=O)[O-])cc1)[C@H]1CC(=O)N(c2ccc3c(c2)OCCO3)C1. The average Bonchev–Trinajstić information content (AvgIpc) is 3.18. The van der Waals surface area contributed by atoms with Crippen molar-refractivity contribution in [2.24, 2.45) is 5.92 Å². The molecule has 31 heavy (non-hydrogen) atoms. The number of ether oxygens (including phenoxy) is 2. The van der Waals surface area contributed by atoms with Gasteiger partial charge in [-0.1, -0.05) is 0 Å². The number of carbonyl (C=O) groups excluding carboxylic acids is 2. The molecule has 2 aliphatic rings. The number of nitro groups is 1. The van der Waals surface area contributed by atoms with Crippen LogP contribution in [0.4, 0.5) is 11.4 Å². The molecule has 0 radical (unpaired) electrons. The van der Waals surface area contributed by atoms with E-state index in [1.165, 1.54) is 29.2 Å². The van der Waals surface area contributed by atoms with Crippen molar-refractivity contribution in [2.75, 3.05) is 31.2 Å². The standard InChI is InChI=1S/C21H21N3O7/c25-17(13-1-3-15(4-2-13)24(28)29)11-22-21(27)14-9-20(26)23(12-14)16-5-6-18-19(10-16)31-8-7-30-18/h1-6,10,14,17,25H,7-9,11-12H2,(H,22,27)/t14-,17+/m0/s1. The Morgan fingerprint density at radius 2 is 1.90 bits per heavy atom. The zero-order chi connectivity index (χ0) is 22.0. The van der Waals surface area contributed by atoms with E-state index < -0.39 is 16.9 Å². The fourth-order valence-corrected chi connectivity index (χ4v) is 3.61. The van der Waals surface area contributed by atoms with E-state index in [0.29, 0.717) is 36.0 Å². The summed E-state index contributed by atoms with van der Waals surface area (Å²) in [5.74, 6) is 0.124. The van der Waals surface area contributed by atoms with Crippen LogP contribution < -0.4 is 19.7 Å². The number of rotatable bonds is 6. The molecule has 2 aromatic carbocycles. The fraction of sp³-hybridized carbons (Fsp3) is 0.333. The second kappa shape index (κ2) is 8.60. The zero-order valence-electron chi connectivity index (χ0n) is 16.5. The van der Waals surface area contributed by atoms with E-state index in [2.05, 4.69) is 5.32 Å². The maximum atomic E-state index is 12.5. The smallest absolute Gasteiger partial charge is 0.269 e. The molecule has 0 spiro atoms. The minimum absolute atomic E-state index is 0.0634. The molecule has 2 heterocycles. The molecule has 1 fully saturated rings. The molecule has 10 nitrogen and oxygen atoms in total. The van der Waals surface area contributed by atoms with Gasteiger partial charge in [0.05, 0.1) is 16.9 Å². The van der Waals surface area contributed by atoms with Crippen molar-refractivity contribution < 1.29 is 29.1 Å². The first-order chi connectivity index (χ1) is 14.9. The first-order valence-corrected chi connectivity index (χ1v) is 9.82. The Hall–Kier alpha value is -3.66. The molecule has 0 unspecified atom stereocenters. The molecule has 0 saturated carbocycles. The van der Waals surface area contributed by atoms with Crippen LogP contribution in [-0.4, -0.2) is 48.1 Å². The minimum Gasteiger partial charge on any atom is -0.486 e. The van der Waals surface area contributed by atoms with E-state index in [-0.39, 0.29) is 37.0 Å². The monoisotopic (exact) mass is 427 g/mol. The summed E-state index contributed by atoms with van der Waals surface area (Å²) in [6.45, 7) is 1.07. The van der Waals surface area contributed by atoms with Gasteiger partial charge >= 0.3 is 0 Å². The number of benzene rings is 2. The summed E-state index contributed by atoms with van der Waals surface area (Å²) in [5, 5.41) is 23.6. The second-order valence-electron chi connectivity index (χ2n) is 7.34. The molecule has 2 atom stereocenters. The van der Waals surface area contributed by atoms with Gasteiger partial charge in [0.1, 0.15) is 13.2 Å². The van der Waals surface area contributed by atoms with E-state index in [4.69, 9.17) is 9.47 Å². The number of hydrogen-bond donors (Lipinski definition) is 2. The highest BCUT2D eigenvalue weighted by atomic mass is 16.6. The van der Waals surface area contributed by atoms with Crippen LogP contribution in [0.2, 0.25) is 0 Å². The second-order valence-corrected chi connectivity index (χ2v) is 7.34. The molecule has 2 aromatic rings. The van der Waals surface area contributed by atoms with Crippen LogP contribution in [-0.2, 0) is 9.59 Å². The Balaban J connectivity index is 1.34. The highest BCUT2D eigenvalue weighted by molar-refractivity contribution is 6.00. The summed E-state index contributed by atoms with van der Waals surface area (Å²) in [7, 11) is 0. The highest BCUT2D eigenvalue weighted by Gasteiger charge is 2.35. The van der Waals surface area contributed by atoms with Gasteiger partial charge in [-0.05, 0) is 29.8 Å². The van der Waals surface area contributed by atoms with Crippen LogP contribution in [0.3, 0.4) is 0 Å². The largest absolute Gasteiger partial charge is 0.486 e. The van der Waals surface area contributed by atoms with Crippen molar-refractivity contribution in [3.05, 3.63) is 58.1 Å². The van der Waals surface area contributed by atoms with Crippen LogP contribution in [0, 0.1) is 16.0 Å². The van der Waals surface area contributed by atoms with E-state index in [1.807, 2.05) is 0 Å². The number of non-ortho nitro benzene ring substituents is 1. The molecule has 2 aliphatic heterocycles. The topological polar surface area (TPSA) is 131 Å². The zero-order valence-corrected chi connectivity index (χ0v) is 16.5. The summed E-state index contributed by atoms with van der Waals surface area (Å²) in [6, 6.07) is 10.7. The fourth-order valence-electron chi connectivity index (χ4n) is 3.61. The number of nitrogens with one attached hydrogen (secondary N) is 1. The Morgan fingerprint density at radius 1 is 1.19 bits per heavy atom. The van der Waals surface area contributed by atoms with Crippen molar-refractivity contribution in [3.8, 4) is 11.5 Å². The summed E-state index contributed by atoms with van der Waals surface area (Å²) < 4.78 is 11.0. The quantitative estimate of drug-likeness (QED) is 0.528. The summed E-state index contributed by atoms with van der Waals surface area (Å²) in [4.78, 5) is 36.7. The lowest BCUT2D eigenvalue weighted by Gasteiger charge is -2.22. The molecule has 0 aromatic heterocycles. The first-order valence-electron chi connectivity index (χ1n) is 9.82. The molecule has 162 valence electrons. The third kappa shape index (κ3) is 4.43. The molecule has 10 heteroatoms. The molecule has 1 saturated heterocycles. The normalized spacial score (nSPS) is 18.5. The van der Waals surface area contributed by atoms with Crippen LogP contribution in [0.1, 0.15) is 18.1 Å². The van der Waals surface area contributed by atoms with Crippen LogP contribution in [0.5, 0.6) is 11.5 Å². The van der Waals surface area contributed by atoms with Gasteiger partial charge in [-0.3, -0.25) is 19.7 Å². The Morgan fingerprint density at radius 3 is 2.61 bits per heavy atom. The van der Waals surface area contributed by atoms with Gasteiger partial charge in [0.15, 0.2) is 11.5 Å². The summed E-state index contributed by atoms with van der Waals surface area (Å²) >= 11 is 0. The predicted octanol–water partition coefficient (Wildman–Crippen LogP) is 1.57. The van der Waals surface area contributed by atoms with Gasteiger partial charge in [-0.2, -0.15) is 0 Å². The van der Waals surface area contributed by atoms with E-state index in [0.717, 1.165) is 0 Å². The number of fused-ring (bicyclic) bond motifs is 1. The summed E-state index contributed by atoms with van der Waals surface area (Å²) in [6.07, 6.45) is -0.954. The molecule has 2 amide bonds. The number of nitro benzene ring substituents is 1. The number of hydrogen-bond acceptors (Lipinski definition) is 7. The number of nitrogens with zero attached hydrogens (tertiary/aromatic N) is 2. The molecule has 0 aliphatic carbocycles. The van der Waals surface area contributed by atoms with Crippen molar-refractivity contribution in [2.45, 2.75) is 12.5 Å². The predicted molar refractivity (Wildman–Crippen MR) is 109 cm³/mol. The van der Waals surface area contributed by atoms with Gasteiger partial charge in [0.25, 0.3) is 5.69 Å². The van der Waals surface area contributed by atoms with Gasteiger partial charge in [0.2, 0.25) is 11.8 Å². The van der Waals surface area contributed by atoms with Gasteiger partial charge in [-0.15, -0.1) is 0 Å². The van der Waals surface area contributed by atoms with Crippen LogP contribution in [0.15, 0.2) is 42.5 Å². The maximum Gasteiger partial charge on any atom is 0.269 e. The van der Waals surface area contributed by atoms with Crippen LogP contribution >= 0.6 is 0 Å². The van der Waals surface area contributed by atoms with Gasteiger partial charge < -0.3 is 24.8 Å².